The third-order valence-corrected chi connectivity index (χ3v) is 4.63. The van der Waals surface area contributed by atoms with Gasteiger partial charge >= 0.3 is 0 Å². The number of nitrogens with zero attached hydrogens (tertiary/aromatic N) is 1. The molecule has 1 fully saturated rings. The average molecular weight is 290 g/mol. The van der Waals surface area contributed by atoms with Crippen LogP contribution >= 0.6 is 0 Å². The fourth-order valence-electron chi connectivity index (χ4n) is 3.72. The van der Waals surface area contributed by atoms with Crippen molar-refractivity contribution in [3.05, 3.63) is 34.4 Å². The van der Waals surface area contributed by atoms with Gasteiger partial charge in [0.25, 0.3) is 0 Å². The SMILES string of the molecule is Cc1cc(C)c(C(CN)N(C)CC2CCCOC2)c(C)c1. The van der Waals surface area contributed by atoms with Crippen LogP contribution in [0.15, 0.2) is 12.1 Å². The Morgan fingerprint density at radius 3 is 2.48 bits per heavy atom. The zero-order valence-electron chi connectivity index (χ0n) is 14.0. The third-order valence-electron chi connectivity index (χ3n) is 4.63. The fourth-order valence-corrected chi connectivity index (χ4v) is 3.72. The molecule has 2 unspecified atom stereocenters. The molecule has 0 saturated carbocycles. The summed E-state index contributed by atoms with van der Waals surface area (Å²) in [6.45, 7) is 10.1. The molecular formula is C18H30N2O. The Labute approximate surface area is 129 Å². The van der Waals surface area contributed by atoms with E-state index >= 15 is 0 Å². The lowest BCUT2D eigenvalue weighted by Gasteiger charge is -2.34. The van der Waals surface area contributed by atoms with Crippen LogP contribution in [-0.4, -0.2) is 38.3 Å². The molecule has 0 aromatic heterocycles. The Morgan fingerprint density at radius 1 is 1.29 bits per heavy atom. The second-order valence-corrected chi connectivity index (χ2v) is 6.59. The Morgan fingerprint density at radius 2 is 1.95 bits per heavy atom. The van der Waals surface area contributed by atoms with Gasteiger partial charge in [0.2, 0.25) is 0 Å². The van der Waals surface area contributed by atoms with Gasteiger partial charge < -0.3 is 10.5 Å². The molecular weight excluding hydrogens is 260 g/mol. The average Bonchev–Trinajstić information content (AvgIpc) is 2.43. The van der Waals surface area contributed by atoms with Crippen LogP contribution in [0, 0.1) is 26.7 Å². The molecule has 0 bridgehead atoms. The van der Waals surface area contributed by atoms with Gasteiger partial charge in [0.15, 0.2) is 0 Å². The van der Waals surface area contributed by atoms with Crippen LogP contribution in [-0.2, 0) is 4.74 Å². The molecule has 1 aliphatic heterocycles. The van der Waals surface area contributed by atoms with E-state index in [-0.39, 0.29) is 0 Å². The lowest BCUT2D eigenvalue weighted by Crippen LogP contribution is -2.37. The maximum absolute atomic E-state index is 6.11. The maximum atomic E-state index is 6.11. The van der Waals surface area contributed by atoms with E-state index in [0.29, 0.717) is 18.5 Å². The number of benzene rings is 1. The van der Waals surface area contributed by atoms with Gasteiger partial charge in [0.05, 0.1) is 6.61 Å². The molecule has 1 aromatic carbocycles. The minimum Gasteiger partial charge on any atom is -0.381 e. The van der Waals surface area contributed by atoms with Crippen molar-refractivity contribution in [2.45, 2.75) is 39.7 Å². The van der Waals surface area contributed by atoms with Crippen LogP contribution in [0.2, 0.25) is 0 Å². The van der Waals surface area contributed by atoms with Crippen LogP contribution in [0.5, 0.6) is 0 Å². The molecule has 3 nitrogen and oxygen atoms in total. The van der Waals surface area contributed by atoms with Gasteiger partial charge in [-0.05, 0) is 63.3 Å². The first kappa shape index (κ1) is 16.5. The highest BCUT2D eigenvalue weighted by molar-refractivity contribution is 5.39. The lowest BCUT2D eigenvalue weighted by molar-refractivity contribution is 0.0364. The molecule has 2 atom stereocenters. The number of likely N-dealkylation sites (N-methyl/N-ethyl adjacent to an activating group) is 1. The molecule has 0 radical (unpaired) electrons. The summed E-state index contributed by atoms with van der Waals surface area (Å²) in [7, 11) is 2.20. The van der Waals surface area contributed by atoms with Crippen LogP contribution in [0.3, 0.4) is 0 Å². The van der Waals surface area contributed by atoms with Crippen molar-refractivity contribution in [3.63, 3.8) is 0 Å². The summed E-state index contributed by atoms with van der Waals surface area (Å²) in [6, 6.07) is 4.83. The molecule has 3 heteroatoms. The quantitative estimate of drug-likeness (QED) is 0.906. The van der Waals surface area contributed by atoms with E-state index in [1.54, 1.807) is 0 Å². The highest BCUT2D eigenvalue weighted by atomic mass is 16.5. The van der Waals surface area contributed by atoms with Crippen molar-refractivity contribution in [2.75, 3.05) is 33.4 Å². The first-order valence-electron chi connectivity index (χ1n) is 8.08. The van der Waals surface area contributed by atoms with E-state index in [4.69, 9.17) is 10.5 Å². The van der Waals surface area contributed by atoms with Gasteiger partial charge in [-0.25, -0.2) is 0 Å². The normalized spacial score (nSPS) is 20.8. The van der Waals surface area contributed by atoms with E-state index in [9.17, 15) is 0 Å². The predicted octanol–water partition coefficient (Wildman–Crippen LogP) is 2.97. The zero-order chi connectivity index (χ0) is 15.4. The van der Waals surface area contributed by atoms with Gasteiger partial charge in [0, 0.05) is 25.7 Å². The molecule has 0 aliphatic carbocycles. The number of nitrogens with two attached hydrogens (primary N) is 1. The zero-order valence-corrected chi connectivity index (χ0v) is 14.0. The number of hydrogen-bond donors (Lipinski definition) is 1. The first-order valence-corrected chi connectivity index (χ1v) is 8.08. The Hall–Kier alpha value is -0.900. The minimum atomic E-state index is 0.299. The first-order chi connectivity index (χ1) is 10.0. The second-order valence-electron chi connectivity index (χ2n) is 6.59. The van der Waals surface area contributed by atoms with Crippen LogP contribution in [0.1, 0.15) is 41.1 Å². The number of rotatable bonds is 5. The molecule has 1 aromatic rings. The monoisotopic (exact) mass is 290 g/mol. The van der Waals surface area contributed by atoms with Gasteiger partial charge in [-0.2, -0.15) is 0 Å². The summed E-state index contributed by atoms with van der Waals surface area (Å²) in [5, 5.41) is 0. The standard InChI is InChI=1S/C18H30N2O/c1-13-8-14(2)18(15(3)9-13)17(10-19)20(4)11-16-6-5-7-21-12-16/h8-9,16-17H,5-7,10-12,19H2,1-4H3. The van der Waals surface area contributed by atoms with Gasteiger partial charge in [-0.1, -0.05) is 17.7 Å². The highest BCUT2D eigenvalue weighted by Gasteiger charge is 2.23. The van der Waals surface area contributed by atoms with E-state index < -0.39 is 0 Å². The lowest BCUT2D eigenvalue weighted by atomic mass is 9.92. The maximum Gasteiger partial charge on any atom is 0.0506 e. The van der Waals surface area contributed by atoms with Crippen LogP contribution < -0.4 is 5.73 Å². The Kier molecular flexibility index (Phi) is 5.80. The van der Waals surface area contributed by atoms with E-state index in [1.807, 2.05) is 0 Å². The van der Waals surface area contributed by atoms with Crippen LogP contribution in [0.4, 0.5) is 0 Å². The van der Waals surface area contributed by atoms with Crippen molar-refractivity contribution in [3.8, 4) is 0 Å². The molecule has 118 valence electrons. The van der Waals surface area contributed by atoms with E-state index in [2.05, 4.69) is 44.9 Å². The highest BCUT2D eigenvalue weighted by Crippen LogP contribution is 2.28. The molecule has 0 spiro atoms. The predicted molar refractivity (Wildman–Crippen MR) is 88.6 cm³/mol. The number of ether oxygens (including phenoxy) is 1. The second kappa shape index (κ2) is 7.39. The van der Waals surface area contributed by atoms with Gasteiger partial charge in [-0.3, -0.25) is 4.90 Å². The fraction of sp³-hybridized carbons (Fsp3) is 0.667. The summed E-state index contributed by atoms with van der Waals surface area (Å²) < 4.78 is 5.61. The largest absolute Gasteiger partial charge is 0.381 e. The molecule has 2 rings (SSSR count). The molecule has 21 heavy (non-hydrogen) atoms. The van der Waals surface area contributed by atoms with Crippen LogP contribution in [0.25, 0.3) is 0 Å². The van der Waals surface area contributed by atoms with Crippen molar-refractivity contribution in [1.82, 2.24) is 4.90 Å². The number of aryl methyl sites for hydroxylation is 3. The molecule has 2 N–H and O–H groups in total. The number of hydrogen-bond acceptors (Lipinski definition) is 3. The molecule has 1 aliphatic rings. The summed E-state index contributed by atoms with van der Waals surface area (Å²) >= 11 is 0. The Balaban J connectivity index is 2.14. The van der Waals surface area contributed by atoms with Gasteiger partial charge in [0.1, 0.15) is 0 Å². The van der Waals surface area contributed by atoms with Gasteiger partial charge in [-0.15, -0.1) is 0 Å². The Bertz CT molecular complexity index is 443. The van der Waals surface area contributed by atoms with Crippen molar-refractivity contribution < 1.29 is 4.74 Å². The summed E-state index contributed by atoms with van der Waals surface area (Å²) in [5.41, 5.74) is 11.6. The smallest absolute Gasteiger partial charge is 0.0506 e. The van der Waals surface area contributed by atoms with Crippen molar-refractivity contribution in [2.24, 2.45) is 11.7 Å². The minimum absolute atomic E-state index is 0.299. The molecule has 0 amide bonds. The van der Waals surface area contributed by atoms with E-state index in [1.165, 1.54) is 35.1 Å². The van der Waals surface area contributed by atoms with Crippen molar-refractivity contribution >= 4 is 0 Å². The summed E-state index contributed by atoms with van der Waals surface area (Å²) in [5.74, 6) is 0.642. The summed E-state index contributed by atoms with van der Waals surface area (Å²) in [4.78, 5) is 2.42. The molecule has 1 saturated heterocycles. The third kappa shape index (κ3) is 4.06. The van der Waals surface area contributed by atoms with E-state index in [0.717, 1.165) is 19.8 Å². The summed E-state index contributed by atoms with van der Waals surface area (Å²) in [6.07, 6.45) is 2.46. The topological polar surface area (TPSA) is 38.5 Å². The molecule has 1 heterocycles. The van der Waals surface area contributed by atoms with Crippen molar-refractivity contribution in [1.29, 1.82) is 0 Å².